The fraction of sp³-hybridized carbons (Fsp3) is 0.562. The minimum atomic E-state index is -0.524. The van der Waals surface area contributed by atoms with Gasteiger partial charge in [-0.2, -0.15) is 0 Å². The first-order valence-electron chi connectivity index (χ1n) is 7.70. The van der Waals surface area contributed by atoms with E-state index in [1.807, 2.05) is 13.0 Å². The van der Waals surface area contributed by atoms with Crippen molar-refractivity contribution in [3.8, 4) is 5.75 Å². The van der Waals surface area contributed by atoms with E-state index in [0.29, 0.717) is 17.3 Å². The van der Waals surface area contributed by atoms with Crippen LogP contribution in [-0.4, -0.2) is 56.2 Å². The van der Waals surface area contributed by atoms with Gasteiger partial charge >= 0.3 is 0 Å². The second kappa shape index (κ2) is 9.98. The van der Waals surface area contributed by atoms with E-state index >= 15 is 0 Å². The smallest absolute Gasteiger partial charge is 0.260 e. The molecule has 1 atom stereocenters. The van der Waals surface area contributed by atoms with Gasteiger partial charge < -0.3 is 15.4 Å². The van der Waals surface area contributed by atoms with Gasteiger partial charge in [-0.15, -0.1) is 12.4 Å². The van der Waals surface area contributed by atoms with Gasteiger partial charge in [0.15, 0.2) is 6.10 Å². The van der Waals surface area contributed by atoms with E-state index in [1.54, 1.807) is 19.1 Å². The maximum Gasteiger partial charge on any atom is 0.260 e. The van der Waals surface area contributed by atoms with E-state index in [-0.39, 0.29) is 18.3 Å². The van der Waals surface area contributed by atoms with Crippen molar-refractivity contribution in [3.63, 3.8) is 0 Å². The molecule has 2 N–H and O–H groups in total. The van der Waals surface area contributed by atoms with Crippen LogP contribution in [-0.2, 0) is 4.79 Å². The zero-order valence-electron chi connectivity index (χ0n) is 13.6. The lowest BCUT2D eigenvalue weighted by Gasteiger charge is -2.27. The highest BCUT2D eigenvalue weighted by atomic mass is 35.5. The molecule has 1 aliphatic heterocycles. The molecule has 0 saturated carbocycles. The number of carbonyl (C=O) groups is 1. The van der Waals surface area contributed by atoms with Crippen molar-refractivity contribution >= 4 is 29.9 Å². The third-order valence-corrected chi connectivity index (χ3v) is 4.17. The van der Waals surface area contributed by atoms with E-state index in [9.17, 15) is 4.79 Å². The van der Waals surface area contributed by atoms with Gasteiger partial charge in [0.1, 0.15) is 5.75 Å². The zero-order chi connectivity index (χ0) is 15.9. The fourth-order valence-corrected chi connectivity index (χ4v) is 2.48. The van der Waals surface area contributed by atoms with Gasteiger partial charge in [0.2, 0.25) is 0 Å². The number of ether oxygens (including phenoxy) is 1. The highest BCUT2D eigenvalue weighted by Crippen LogP contribution is 2.21. The lowest BCUT2D eigenvalue weighted by atomic mass is 10.2. The van der Waals surface area contributed by atoms with Crippen LogP contribution in [0.2, 0.25) is 5.02 Å². The van der Waals surface area contributed by atoms with Gasteiger partial charge in [-0.1, -0.05) is 11.6 Å². The van der Waals surface area contributed by atoms with Crippen LogP contribution in [0, 0.1) is 6.92 Å². The van der Waals surface area contributed by atoms with E-state index in [0.717, 1.165) is 38.3 Å². The van der Waals surface area contributed by atoms with Crippen molar-refractivity contribution in [2.75, 3.05) is 39.3 Å². The van der Waals surface area contributed by atoms with Gasteiger partial charge in [0.05, 0.1) is 0 Å². The molecule has 1 aromatic rings. The number of piperazine rings is 1. The normalized spacial score (nSPS) is 16.3. The number of rotatable bonds is 6. The Morgan fingerprint density at radius 2 is 2.13 bits per heavy atom. The highest BCUT2D eigenvalue weighted by molar-refractivity contribution is 6.31. The standard InChI is InChI=1S/C16H24ClN3O2.ClH/c1-12-11-14(3-4-15(12)17)22-13(2)16(21)19-7-10-20-8-5-18-6-9-20;/h3-4,11,13,18H,5-10H2,1-2H3,(H,19,21);1H. The SMILES string of the molecule is Cc1cc(OC(C)C(=O)NCCN2CCNCC2)ccc1Cl.Cl. The molecule has 7 heteroatoms. The third kappa shape index (κ3) is 6.55. The largest absolute Gasteiger partial charge is 0.481 e. The summed E-state index contributed by atoms with van der Waals surface area (Å²) in [5.74, 6) is 0.564. The Balaban J connectivity index is 0.00000264. The first kappa shape index (κ1) is 20.0. The Labute approximate surface area is 149 Å². The van der Waals surface area contributed by atoms with E-state index < -0.39 is 6.10 Å². The molecule has 1 heterocycles. The Bertz CT molecular complexity index is 508. The summed E-state index contributed by atoms with van der Waals surface area (Å²) >= 11 is 5.98. The molecule has 1 fully saturated rings. The molecular weight excluding hydrogens is 337 g/mol. The lowest BCUT2D eigenvalue weighted by molar-refractivity contribution is -0.127. The number of halogens is 2. The minimum Gasteiger partial charge on any atom is -0.481 e. The van der Waals surface area contributed by atoms with Gasteiger partial charge in [0, 0.05) is 44.3 Å². The van der Waals surface area contributed by atoms with E-state index in [2.05, 4.69) is 15.5 Å². The van der Waals surface area contributed by atoms with Crippen molar-refractivity contribution in [1.82, 2.24) is 15.5 Å². The second-order valence-corrected chi connectivity index (χ2v) is 5.96. The average molecular weight is 362 g/mol. The first-order valence-corrected chi connectivity index (χ1v) is 8.07. The summed E-state index contributed by atoms with van der Waals surface area (Å²) in [6.45, 7) is 9.29. The van der Waals surface area contributed by atoms with Crippen LogP contribution in [0.1, 0.15) is 12.5 Å². The lowest BCUT2D eigenvalue weighted by Crippen LogP contribution is -2.47. The van der Waals surface area contributed by atoms with E-state index in [4.69, 9.17) is 16.3 Å². The molecule has 1 aliphatic rings. The topological polar surface area (TPSA) is 53.6 Å². The van der Waals surface area contributed by atoms with Crippen molar-refractivity contribution in [2.45, 2.75) is 20.0 Å². The van der Waals surface area contributed by atoms with Crippen LogP contribution >= 0.6 is 24.0 Å². The second-order valence-electron chi connectivity index (χ2n) is 5.55. The molecule has 2 rings (SSSR count). The predicted molar refractivity (Wildman–Crippen MR) is 95.8 cm³/mol. The van der Waals surface area contributed by atoms with Crippen molar-refractivity contribution in [1.29, 1.82) is 0 Å². The molecule has 1 unspecified atom stereocenters. The van der Waals surface area contributed by atoms with Crippen LogP contribution in [0.25, 0.3) is 0 Å². The zero-order valence-corrected chi connectivity index (χ0v) is 15.2. The average Bonchev–Trinajstić information content (AvgIpc) is 2.52. The maximum absolute atomic E-state index is 12.0. The van der Waals surface area contributed by atoms with E-state index in [1.165, 1.54) is 0 Å². The molecule has 1 saturated heterocycles. The summed E-state index contributed by atoms with van der Waals surface area (Å²) in [4.78, 5) is 14.4. The number of hydrogen-bond donors (Lipinski definition) is 2. The Kier molecular flexibility index (Phi) is 8.69. The molecule has 0 bridgehead atoms. The van der Waals surface area contributed by atoms with Gasteiger partial charge in [-0.05, 0) is 37.6 Å². The van der Waals surface area contributed by atoms with Crippen LogP contribution in [0.5, 0.6) is 5.75 Å². The van der Waals surface area contributed by atoms with Crippen molar-refractivity contribution in [2.24, 2.45) is 0 Å². The Hall–Kier alpha value is -1.01. The van der Waals surface area contributed by atoms with Gasteiger partial charge in [-0.25, -0.2) is 0 Å². The summed E-state index contributed by atoms with van der Waals surface area (Å²) < 4.78 is 5.66. The molecule has 130 valence electrons. The number of aryl methyl sites for hydroxylation is 1. The summed E-state index contributed by atoms with van der Waals surface area (Å²) in [6, 6.07) is 5.40. The Morgan fingerprint density at radius 1 is 1.43 bits per heavy atom. The third-order valence-electron chi connectivity index (χ3n) is 3.75. The van der Waals surface area contributed by atoms with Crippen LogP contribution in [0.15, 0.2) is 18.2 Å². The summed E-state index contributed by atoms with van der Waals surface area (Å²) in [5, 5.41) is 6.93. The molecule has 1 aromatic carbocycles. The maximum atomic E-state index is 12.0. The summed E-state index contributed by atoms with van der Waals surface area (Å²) in [7, 11) is 0. The predicted octanol–water partition coefficient (Wildman–Crippen LogP) is 1.86. The van der Waals surface area contributed by atoms with Crippen LogP contribution in [0.4, 0.5) is 0 Å². The molecule has 0 radical (unpaired) electrons. The van der Waals surface area contributed by atoms with Gasteiger partial charge in [0.25, 0.3) is 5.91 Å². The quantitative estimate of drug-likeness (QED) is 0.811. The molecule has 0 aliphatic carbocycles. The number of nitrogens with one attached hydrogen (secondary N) is 2. The number of carbonyl (C=O) groups excluding carboxylic acids is 1. The van der Waals surface area contributed by atoms with Gasteiger partial charge in [-0.3, -0.25) is 9.69 Å². The van der Waals surface area contributed by atoms with Crippen LogP contribution in [0.3, 0.4) is 0 Å². The molecule has 23 heavy (non-hydrogen) atoms. The fourth-order valence-electron chi connectivity index (χ4n) is 2.36. The highest BCUT2D eigenvalue weighted by Gasteiger charge is 2.15. The number of hydrogen-bond acceptors (Lipinski definition) is 4. The summed E-state index contributed by atoms with van der Waals surface area (Å²) in [6.07, 6.45) is -0.524. The molecule has 0 aromatic heterocycles. The van der Waals surface area contributed by atoms with Crippen LogP contribution < -0.4 is 15.4 Å². The molecule has 1 amide bonds. The summed E-state index contributed by atoms with van der Waals surface area (Å²) in [5.41, 5.74) is 0.936. The van der Waals surface area contributed by atoms with Crippen molar-refractivity contribution in [3.05, 3.63) is 28.8 Å². The Morgan fingerprint density at radius 3 is 2.78 bits per heavy atom. The number of nitrogens with zero attached hydrogens (tertiary/aromatic N) is 1. The minimum absolute atomic E-state index is 0. The first-order chi connectivity index (χ1) is 10.6. The number of benzene rings is 1. The molecule has 0 spiro atoms. The molecular formula is C16H25Cl2N3O2. The van der Waals surface area contributed by atoms with Crippen molar-refractivity contribution < 1.29 is 9.53 Å². The molecule has 5 nitrogen and oxygen atoms in total. The monoisotopic (exact) mass is 361 g/mol. The number of amides is 1.